The highest BCUT2D eigenvalue weighted by Crippen LogP contribution is 2.27. The Kier molecular flexibility index (Phi) is 5.23. The molecule has 0 spiro atoms. The summed E-state index contributed by atoms with van der Waals surface area (Å²) < 4.78 is 5.55. The van der Waals surface area contributed by atoms with Crippen molar-refractivity contribution >= 4 is 46.1 Å². The number of hydrogen-bond donors (Lipinski definition) is 2. The lowest BCUT2D eigenvalue weighted by molar-refractivity contribution is -0.116. The van der Waals surface area contributed by atoms with E-state index >= 15 is 0 Å². The van der Waals surface area contributed by atoms with Crippen LogP contribution in [0.25, 0.3) is 11.0 Å². The molecule has 2 N–H and O–H groups in total. The molecule has 3 rings (SSSR count). The first-order chi connectivity index (χ1) is 11.6. The Morgan fingerprint density at radius 1 is 1.21 bits per heavy atom. The van der Waals surface area contributed by atoms with Crippen molar-refractivity contribution in [1.82, 2.24) is 9.97 Å². The van der Waals surface area contributed by atoms with Gasteiger partial charge in [-0.15, -0.1) is 0 Å². The average Bonchev–Trinajstić information content (AvgIpc) is 2.95. The van der Waals surface area contributed by atoms with Gasteiger partial charge in [-0.05, 0) is 36.8 Å². The smallest absolute Gasteiger partial charge is 0.226 e. The Balaban J connectivity index is 1.45. The van der Waals surface area contributed by atoms with Crippen LogP contribution in [0.5, 0.6) is 5.75 Å². The predicted molar refractivity (Wildman–Crippen MR) is 95.9 cm³/mol. The number of anilines is 1. The van der Waals surface area contributed by atoms with Gasteiger partial charge in [0.2, 0.25) is 11.9 Å². The van der Waals surface area contributed by atoms with Gasteiger partial charge in [0.05, 0.1) is 22.7 Å². The van der Waals surface area contributed by atoms with E-state index in [1.807, 2.05) is 24.3 Å². The van der Waals surface area contributed by atoms with Gasteiger partial charge in [0.25, 0.3) is 0 Å². The monoisotopic (exact) mass is 363 g/mol. The molecule has 2 aromatic carbocycles. The van der Waals surface area contributed by atoms with Crippen LogP contribution in [0.3, 0.4) is 0 Å². The van der Waals surface area contributed by atoms with Crippen LogP contribution < -0.4 is 10.1 Å². The zero-order chi connectivity index (χ0) is 16.9. The first-order valence-corrected chi connectivity index (χ1v) is 8.20. The van der Waals surface area contributed by atoms with Crippen LogP contribution in [0.15, 0.2) is 42.5 Å². The maximum Gasteiger partial charge on any atom is 0.226 e. The van der Waals surface area contributed by atoms with E-state index in [9.17, 15) is 4.79 Å². The highest BCUT2D eigenvalue weighted by molar-refractivity contribution is 6.35. The van der Waals surface area contributed by atoms with Crippen molar-refractivity contribution in [3.8, 4) is 5.75 Å². The first-order valence-electron chi connectivity index (χ1n) is 7.44. The molecule has 0 bridgehead atoms. The van der Waals surface area contributed by atoms with Crippen LogP contribution in [0, 0.1) is 0 Å². The van der Waals surface area contributed by atoms with Gasteiger partial charge in [0.15, 0.2) is 0 Å². The number of amides is 1. The molecule has 0 fully saturated rings. The number of fused-ring (bicyclic) bond motifs is 1. The van der Waals surface area contributed by atoms with Crippen LogP contribution in [0.4, 0.5) is 5.95 Å². The Labute approximate surface area is 148 Å². The second kappa shape index (κ2) is 7.55. The van der Waals surface area contributed by atoms with Gasteiger partial charge in [0.1, 0.15) is 5.75 Å². The lowest BCUT2D eigenvalue weighted by Gasteiger charge is -2.08. The normalized spacial score (nSPS) is 10.8. The lowest BCUT2D eigenvalue weighted by Crippen LogP contribution is -2.13. The second-order valence-corrected chi connectivity index (χ2v) is 6.02. The number of nitrogens with one attached hydrogen (secondary N) is 2. The van der Waals surface area contributed by atoms with Crippen molar-refractivity contribution in [3.63, 3.8) is 0 Å². The molecule has 7 heteroatoms. The molecule has 3 aromatic rings. The van der Waals surface area contributed by atoms with Gasteiger partial charge >= 0.3 is 0 Å². The summed E-state index contributed by atoms with van der Waals surface area (Å²) in [6.45, 7) is 0.384. The fourth-order valence-corrected chi connectivity index (χ4v) is 2.68. The molecule has 0 aliphatic rings. The van der Waals surface area contributed by atoms with Crippen molar-refractivity contribution < 1.29 is 9.53 Å². The minimum Gasteiger partial charge on any atom is -0.492 e. The predicted octanol–water partition coefficient (Wildman–Crippen LogP) is 4.67. The number of halogens is 2. The molecular formula is C17H15Cl2N3O2. The van der Waals surface area contributed by atoms with Gasteiger partial charge in [-0.1, -0.05) is 35.3 Å². The fraction of sp³-hybridized carbons (Fsp3) is 0.176. The van der Waals surface area contributed by atoms with E-state index in [1.54, 1.807) is 18.2 Å². The summed E-state index contributed by atoms with van der Waals surface area (Å²) in [6.07, 6.45) is 0.882. The van der Waals surface area contributed by atoms with E-state index in [0.717, 1.165) is 11.0 Å². The number of para-hydroxylation sites is 2. The highest BCUT2D eigenvalue weighted by atomic mass is 35.5. The topological polar surface area (TPSA) is 67.0 Å². The number of H-pyrrole nitrogens is 1. The van der Waals surface area contributed by atoms with Crippen molar-refractivity contribution in [2.45, 2.75) is 12.8 Å². The van der Waals surface area contributed by atoms with Gasteiger partial charge < -0.3 is 9.72 Å². The summed E-state index contributed by atoms with van der Waals surface area (Å²) in [7, 11) is 0. The zero-order valence-corrected chi connectivity index (χ0v) is 14.2. The summed E-state index contributed by atoms with van der Waals surface area (Å²) in [5, 5.41) is 3.75. The molecule has 24 heavy (non-hydrogen) atoms. The first kappa shape index (κ1) is 16.6. The van der Waals surface area contributed by atoms with E-state index in [2.05, 4.69) is 15.3 Å². The molecule has 5 nitrogen and oxygen atoms in total. The summed E-state index contributed by atoms with van der Waals surface area (Å²) >= 11 is 11.8. The standard InChI is InChI=1S/C17H15Cl2N3O2/c18-11-7-8-15(12(19)10-11)24-9-3-6-16(23)22-17-20-13-4-1-2-5-14(13)21-17/h1-2,4-5,7-8,10H,3,6,9H2,(H2,20,21,22,23). The maximum absolute atomic E-state index is 11.9. The third kappa shape index (κ3) is 4.19. The van der Waals surface area contributed by atoms with Crippen LogP contribution in [0.1, 0.15) is 12.8 Å². The van der Waals surface area contributed by atoms with E-state index in [1.165, 1.54) is 0 Å². The molecule has 0 saturated carbocycles. The molecule has 0 saturated heterocycles. The minimum absolute atomic E-state index is 0.125. The SMILES string of the molecule is O=C(CCCOc1ccc(Cl)cc1Cl)Nc1nc2ccccc2[nH]1. The van der Waals surface area contributed by atoms with E-state index in [-0.39, 0.29) is 5.91 Å². The number of ether oxygens (including phenoxy) is 1. The summed E-state index contributed by atoms with van der Waals surface area (Å²) in [5.41, 5.74) is 1.70. The molecule has 0 unspecified atom stereocenters. The zero-order valence-electron chi connectivity index (χ0n) is 12.7. The summed E-state index contributed by atoms with van der Waals surface area (Å²) in [5.74, 6) is 0.876. The number of benzene rings is 2. The third-order valence-corrected chi connectivity index (χ3v) is 3.88. The van der Waals surface area contributed by atoms with Gasteiger partial charge in [0, 0.05) is 11.4 Å². The molecule has 1 amide bonds. The molecule has 1 aromatic heterocycles. The van der Waals surface area contributed by atoms with Gasteiger partial charge in [-0.2, -0.15) is 0 Å². The molecule has 0 aliphatic heterocycles. The average molecular weight is 364 g/mol. The Bertz CT molecular complexity index is 831. The number of nitrogens with zero attached hydrogens (tertiary/aromatic N) is 1. The number of carbonyl (C=O) groups excluding carboxylic acids is 1. The number of aromatic nitrogens is 2. The molecule has 0 atom stereocenters. The van der Waals surface area contributed by atoms with Crippen LogP contribution in [-0.2, 0) is 4.79 Å². The van der Waals surface area contributed by atoms with Crippen LogP contribution in [0.2, 0.25) is 10.0 Å². The van der Waals surface area contributed by atoms with Crippen molar-refractivity contribution in [2.24, 2.45) is 0 Å². The molecule has 1 heterocycles. The highest BCUT2D eigenvalue weighted by Gasteiger charge is 2.07. The summed E-state index contributed by atoms with van der Waals surface area (Å²) in [4.78, 5) is 19.3. The molecular weight excluding hydrogens is 349 g/mol. The molecule has 124 valence electrons. The van der Waals surface area contributed by atoms with Crippen LogP contribution in [-0.4, -0.2) is 22.5 Å². The lowest BCUT2D eigenvalue weighted by atomic mass is 10.3. The number of imidazole rings is 1. The van der Waals surface area contributed by atoms with E-state index in [4.69, 9.17) is 27.9 Å². The number of hydrogen-bond acceptors (Lipinski definition) is 3. The number of carbonyl (C=O) groups is 1. The van der Waals surface area contributed by atoms with E-state index in [0.29, 0.717) is 41.2 Å². The summed E-state index contributed by atoms with van der Waals surface area (Å²) in [6, 6.07) is 12.6. The van der Waals surface area contributed by atoms with Crippen LogP contribution >= 0.6 is 23.2 Å². The number of rotatable bonds is 6. The Morgan fingerprint density at radius 3 is 2.83 bits per heavy atom. The molecule has 0 radical (unpaired) electrons. The largest absolute Gasteiger partial charge is 0.492 e. The van der Waals surface area contributed by atoms with Crippen molar-refractivity contribution in [3.05, 3.63) is 52.5 Å². The number of aromatic amines is 1. The maximum atomic E-state index is 11.9. The minimum atomic E-state index is -0.125. The van der Waals surface area contributed by atoms with E-state index < -0.39 is 0 Å². The van der Waals surface area contributed by atoms with Gasteiger partial charge in [-0.25, -0.2) is 4.98 Å². The van der Waals surface area contributed by atoms with Crippen molar-refractivity contribution in [2.75, 3.05) is 11.9 Å². The molecule has 0 aliphatic carbocycles. The second-order valence-electron chi connectivity index (χ2n) is 5.18. The van der Waals surface area contributed by atoms with Gasteiger partial charge in [-0.3, -0.25) is 10.1 Å². The third-order valence-electron chi connectivity index (χ3n) is 3.35. The Hall–Kier alpha value is -2.24. The fourth-order valence-electron chi connectivity index (χ4n) is 2.21. The van der Waals surface area contributed by atoms with Crippen molar-refractivity contribution in [1.29, 1.82) is 0 Å². The quantitative estimate of drug-likeness (QED) is 0.625. The Morgan fingerprint density at radius 2 is 2.04 bits per heavy atom.